The van der Waals surface area contributed by atoms with Gasteiger partial charge in [0.15, 0.2) is 0 Å². The first kappa shape index (κ1) is 19.1. The van der Waals surface area contributed by atoms with Crippen LogP contribution in [0.2, 0.25) is 5.02 Å². The summed E-state index contributed by atoms with van der Waals surface area (Å²) in [6, 6.07) is 3.60. The first-order valence-corrected chi connectivity index (χ1v) is 8.06. The van der Waals surface area contributed by atoms with E-state index in [1.807, 2.05) is 0 Å². The van der Waals surface area contributed by atoms with Crippen molar-refractivity contribution in [3.8, 4) is 0 Å². The van der Waals surface area contributed by atoms with Crippen LogP contribution < -0.4 is 5.32 Å². The molecule has 0 saturated heterocycles. The fourth-order valence-electron chi connectivity index (χ4n) is 3.15. The molecule has 25 heavy (non-hydrogen) atoms. The number of nitrogens with one attached hydrogen (secondary N) is 1. The average molecular weight is 371 g/mol. The summed E-state index contributed by atoms with van der Waals surface area (Å²) in [7, 11) is 0. The Labute approximate surface area is 149 Å². The molecule has 1 aromatic carbocycles. The molecule has 1 fully saturated rings. The van der Waals surface area contributed by atoms with Crippen LogP contribution in [0.15, 0.2) is 18.2 Å². The van der Waals surface area contributed by atoms with Gasteiger partial charge in [0.05, 0.1) is 11.0 Å². The molecule has 2 N–H and O–H groups in total. The van der Waals surface area contributed by atoms with Gasteiger partial charge in [0.25, 0.3) is 11.6 Å². The highest BCUT2D eigenvalue weighted by molar-refractivity contribution is 6.31. The van der Waals surface area contributed by atoms with Crippen molar-refractivity contribution in [1.29, 1.82) is 0 Å². The number of nitrogens with zero attached hydrogens (tertiary/aromatic N) is 1. The lowest BCUT2D eigenvalue weighted by atomic mass is 9.54. The van der Waals surface area contributed by atoms with Gasteiger partial charge in [-0.2, -0.15) is 0 Å². The number of aliphatic carboxylic acids is 1. The molecule has 0 bridgehead atoms. The van der Waals surface area contributed by atoms with E-state index in [1.54, 1.807) is 20.8 Å². The van der Waals surface area contributed by atoms with E-state index in [1.165, 1.54) is 12.1 Å². The molecule has 2 unspecified atom stereocenters. The number of ether oxygens (including phenoxy) is 1. The van der Waals surface area contributed by atoms with E-state index in [-0.39, 0.29) is 23.1 Å². The molecule has 0 radical (unpaired) electrons. The van der Waals surface area contributed by atoms with Gasteiger partial charge in [0.2, 0.25) is 0 Å². The van der Waals surface area contributed by atoms with Crippen molar-refractivity contribution in [1.82, 2.24) is 5.32 Å². The SMILES string of the molecule is CCOC1CC(NC(=O)c2ccc(Cl)cc2[N+](=O)[O-])(C(=O)O)C1(C)C. The maximum absolute atomic E-state index is 12.6. The molecular formula is C16H19ClN2O6. The molecule has 136 valence electrons. The first-order chi connectivity index (χ1) is 11.6. The first-order valence-electron chi connectivity index (χ1n) is 7.68. The van der Waals surface area contributed by atoms with Crippen molar-refractivity contribution in [3.63, 3.8) is 0 Å². The molecule has 1 aliphatic carbocycles. The minimum atomic E-state index is -1.57. The molecule has 0 aliphatic heterocycles. The van der Waals surface area contributed by atoms with Gasteiger partial charge in [-0.05, 0) is 19.1 Å². The molecule has 9 heteroatoms. The number of nitro groups is 1. The Balaban J connectivity index is 2.36. The number of rotatable bonds is 6. The van der Waals surface area contributed by atoms with E-state index in [0.29, 0.717) is 6.61 Å². The third-order valence-corrected chi connectivity index (χ3v) is 5.09. The number of carboxylic acid groups (broad SMARTS) is 1. The van der Waals surface area contributed by atoms with Crippen LogP contribution in [0.5, 0.6) is 0 Å². The number of benzene rings is 1. The van der Waals surface area contributed by atoms with Crippen molar-refractivity contribution >= 4 is 29.2 Å². The lowest BCUT2D eigenvalue weighted by molar-refractivity contribution is -0.385. The standard InChI is InChI=1S/C16H19ClN2O6/c1-4-25-12-8-16(14(21)22,15(12,2)3)18-13(20)10-6-5-9(17)7-11(10)19(23)24/h5-7,12H,4,8H2,1-3H3,(H,18,20)(H,21,22). The number of nitro benzene ring substituents is 1. The number of halogens is 1. The predicted octanol–water partition coefficient (Wildman–Crippen LogP) is 2.64. The van der Waals surface area contributed by atoms with Gasteiger partial charge in [-0.1, -0.05) is 25.4 Å². The maximum Gasteiger partial charge on any atom is 0.330 e. The zero-order valence-electron chi connectivity index (χ0n) is 14.0. The number of carboxylic acids is 1. The largest absolute Gasteiger partial charge is 0.479 e. The van der Waals surface area contributed by atoms with Gasteiger partial charge in [-0.25, -0.2) is 4.79 Å². The Morgan fingerprint density at radius 1 is 1.48 bits per heavy atom. The van der Waals surface area contributed by atoms with Crippen LogP contribution in [-0.4, -0.2) is 40.2 Å². The number of amides is 1. The van der Waals surface area contributed by atoms with Crippen LogP contribution in [-0.2, 0) is 9.53 Å². The lowest BCUT2D eigenvalue weighted by Crippen LogP contribution is -2.76. The highest BCUT2D eigenvalue weighted by atomic mass is 35.5. The molecule has 0 heterocycles. The van der Waals surface area contributed by atoms with Gasteiger partial charge >= 0.3 is 5.97 Å². The smallest absolute Gasteiger partial charge is 0.330 e. The summed E-state index contributed by atoms with van der Waals surface area (Å²) < 4.78 is 5.52. The van der Waals surface area contributed by atoms with Gasteiger partial charge in [0.1, 0.15) is 11.1 Å². The van der Waals surface area contributed by atoms with E-state index in [9.17, 15) is 24.8 Å². The maximum atomic E-state index is 12.6. The second-order valence-electron chi connectivity index (χ2n) is 6.45. The third kappa shape index (κ3) is 3.07. The summed E-state index contributed by atoms with van der Waals surface area (Å²) in [5.74, 6) is -2.05. The van der Waals surface area contributed by atoms with Crippen LogP contribution >= 0.6 is 11.6 Å². The topological polar surface area (TPSA) is 119 Å². The van der Waals surface area contributed by atoms with Crippen LogP contribution in [0.4, 0.5) is 5.69 Å². The zero-order chi connectivity index (χ0) is 19.0. The molecule has 8 nitrogen and oxygen atoms in total. The van der Waals surface area contributed by atoms with Gasteiger partial charge in [0, 0.05) is 29.5 Å². The van der Waals surface area contributed by atoms with Gasteiger partial charge in [-0.3, -0.25) is 14.9 Å². The molecule has 2 rings (SSSR count). The fourth-order valence-corrected chi connectivity index (χ4v) is 3.31. The second-order valence-corrected chi connectivity index (χ2v) is 6.89. The van der Waals surface area contributed by atoms with Gasteiger partial charge in [-0.15, -0.1) is 0 Å². The molecule has 1 amide bonds. The highest BCUT2D eigenvalue weighted by Gasteiger charge is 2.66. The quantitative estimate of drug-likeness (QED) is 0.586. The average Bonchev–Trinajstić information content (AvgIpc) is 2.52. The van der Waals surface area contributed by atoms with Crippen molar-refractivity contribution < 1.29 is 24.4 Å². The second kappa shape index (κ2) is 6.61. The van der Waals surface area contributed by atoms with E-state index in [4.69, 9.17) is 16.3 Å². The van der Waals surface area contributed by atoms with Crippen LogP contribution in [0, 0.1) is 15.5 Å². The summed E-state index contributed by atoms with van der Waals surface area (Å²) in [6.07, 6.45) is -0.259. The third-order valence-electron chi connectivity index (χ3n) is 4.86. The van der Waals surface area contributed by atoms with Crippen molar-refractivity contribution in [2.75, 3.05) is 6.61 Å². The summed E-state index contributed by atoms with van der Waals surface area (Å²) in [6.45, 7) is 5.58. The molecular weight excluding hydrogens is 352 g/mol. The van der Waals surface area contributed by atoms with E-state index in [0.717, 1.165) is 6.07 Å². The van der Waals surface area contributed by atoms with Crippen LogP contribution in [0.3, 0.4) is 0 Å². The minimum Gasteiger partial charge on any atom is -0.479 e. The molecule has 1 aliphatic rings. The van der Waals surface area contributed by atoms with Gasteiger partial charge < -0.3 is 15.2 Å². The Hall–Kier alpha value is -2.19. The van der Waals surface area contributed by atoms with Crippen molar-refractivity contribution in [2.24, 2.45) is 5.41 Å². The lowest BCUT2D eigenvalue weighted by Gasteiger charge is -2.58. The Morgan fingerprint density at radius 3 is 2.60 bits per heavy atom. The molecule has 1 saturated carbocycles. The summed E-state index contributed by atoms with van der Waals surface area (Å²) in [5, 5.41) is 23.4. The fraction of sp³-hybridized carbons (Fsp3) is 0.500. The summed E-state index contributed by atoms with van der Waals surface area (Å²) >= 11 is 5.74. The highest BCUT2D eigenvalue weighted by Crippen LogP contribution is 2.51. The molecule has 0 aromatic heterocycles. The van der Waals surface area contributed by atoms with Crippen LogP contribution in [0.25, 0.3) is 0 Å². The monoisotopic (exact) mass is 370 g/mol. The number of hydrogen-bond donors (Lipinski definition) is 2. The van der Waals surface area contributed by atoms with E-state index < -0.39 is 33.4 Å². The number of carbonyl (C=O) groups is 2. The molecule has 2 atom stereocenters. The van der Waals surface area contributed by atoms with Crippen LogP contribution in [0.1, 0.15) is 37.6 Å². The predicted molar refractivity (Wildman–Crippen MR) is 89.8 cm³/mol. The van der Waals surface area contributed by atoms with E-state index >= 15 is 0 Å². The molecule has 0 spiro atoms. The Bertz CT molecular complexity index is 735. The Kier molecular flexibility index (Phi) is 5.06. The van der Waals surface area contributed by atoms with Crippen molar-refractivity contribution in [2.45, 2.75) is 38.8 Å². The number of hydrogen-bond acceptors (Lipinski definition) is 5. The minimum absolute atomic E-state index is 0.0797. The zero-order valence-corrected chi connectivity index (χ0v) is 14.8. The van der Waals surface area contributed by atoms with Crippen molar-refractivity contribution in [3.05, 3.63) is 38.9 Å². The normalized spacial score (nSPS) is 24.2. The number of carbonyl (C=O) groups excluding carboxylic acids is 1. The summed E-state index contributed by atoms with van der Waals surface area (Å²) in [4.78, 5) is 34.9. The summed E-state index contributed by atoms with van der Waals surface area (Å²) in [5.41, 5.74) is -3.18. The Morgan fingerprint density at radius 2 is 2.12 bits per heavy atom. The van der Waals surface area contributed by atoms with E-state index in [2.05, 4.69) is 5.32 Å². The molecule has 1 aromatic rings.